The molecule has 0 aliphatic rings. The second-order valence-electron chi connectivity index (χ2n) is 6.66. The fraction of sp³-hybridized carbons (Fsp3) is 0.250. The summed E-state index contributed by atoms with van der Waals surface area (Å²) in [6, 6.07) is 11.0. The molecule has 0 amide bonds. The topological polar surface area (TPSA) is 68.0 Å². The van der Waals surface area contributed by atoms with Gasteiger partial charge in [-0.2, -0.15) is 0 Å². The van der Waals surface area contributed by atoms with Gasteiger partial charge in [0.15, 0.2) is 10.4 Å². The lowest BCUT2D eigenvalue weighted by Crippen LogP contribution is -2.17. The maximum atomic E-state index is 11.9. The molecule has 2 aromatic heterocycles. The van der Waals surface area contributed by atoms with Gasteiger partial charge in [0.1, 0.15) is 0 Å². The van der Waals surface area contributed by atoms with Crippen molar-refractivity contribution < 1.29 is 9.90 Å². The van der Waals surface area contributed by atoms with Crippen LogP contribution in [0.3, 0.4) is 0 Å². The summed E-state index contributed by atoms with van der Waals surface area (Å²) in [6.45, 7) is 3.97. The fourth-order valence-electron chi connectivity index (χ4n) is 3.20. The maximum Gasteiger partial charge on any atom is 0.356 e. The van der Waals surface area contributed by atoms with Gasteiger partial charge in [0.05, 0.1) is 10.7 Å². The third kappa shape index (κ3) is 4.40. The number of hydrogen-bond donors (Lipinski definition) is 1. The third-order valence-corrected chi connectivity index (χ3v) is 5.46. The number of carboxylic acid groups (broad SMARTS) is 1. The molecule has 0 saturated heterocycles. The molecule has 0 saturated carbocycles. The SMILES string of the molecule is CC(C)n1c(Br)nc(C(=O)O)c1C(Cc1ccc(Cl)cn1)c1ccc(Cl)cc1. The Hall–Kier alpha value is -1.89. The number of hydrogen-bond acceptors (Lipinski definition) is 3. The first-order valence-electron chi connectivity index (χ1n) is 8.64. The molecule has 3 rings (SSSR count). The van der Waals surface area contributed by atoms with Gasteiger partial charge >= 0.3 is 5.97 Å². The van der Waals surface area contributed by atoms with Crippen LogP contribution in [0.1, 0.15) is 53.2 Å². The van der Waals surface area contributed by atoms with Gasteiger partial charge in [-0.3, -0.25) is 4.98 Å². The van der Waals surface area contributed by atoms with E-state index in [1.807, 2.05) is 36.6 Å². The standard InChI is InChI=1S/C20H18BrCl2N3O2/c1-11(2)26-18(17(19(27)28)25-20(26)21)16(12-3-5-13(22)6-4-12)9-15-8-7-14(23)10-24-15/h3-8,10-11,16H,9H2,1-2H3,(H,27,28). The van der Waals surface area contributed by atoms with Gasteiger partial charge < -0.3 is 9.67 Å². The Morgan fingerprint density at radius 1 is 1.14 bits per heavy atom. The van der Waals surface area contributed by atoms with Gasteiger partial charge in [0.25, 0.3) is 0 Å². The lowest BCUT2D eigenvalue weighted by molar-refractivity contribution is 0.0689. The first kappa shape index (κ1) is 20.8. The molecule has 1 atom stereocenters. The zero-order chi connectivity index (χ0) is 20.4. The average Bonchev–Trinajstić information content (AvgIpc) is 2.99. The number of imidazole rings is 1. The Bertz CT molecular complexity index is 986. The number of carboxylic acids is 1. The molecular weight excluding hydrogens is 465 g/mol. The van der Waals surface area contributed by atoms with Gasteiger partial charge in [-0.1, -0.05) is 35.3 Å². The Balaban J connectivity index is 2.20. The Labute approximate surface area is 181 Å². The van der Waals surface area contributed by atoms with Gasteiger partial charge in [0, 0.05) is 35.3 Å². The quantitative estimate of drug-likeness (QED) is 0.467. The molecule has 1 aromatic carbocycles. The predicted octanol–water partition coefficient (Wildman–Crippen LogP) is 6.00. The highest BCUT2D eigenvalue weighted by Gasteiger charge is 2.30. The summed E-state index contributed by atoms with van der Waals surface area (Å²) < 4.78 is 2.39. The predicted molar refractivity (Wildman–Crippen MR) is 114 cm³/mol. The van der Waals surface area contributed by atoms with E-state index in [0.717, 1.165) is 11.3 Å². The van der Waals surface area contributed by atoms with Gasteiger partial charge in [-0.25, -0.2) is 9.78 Å². The van der Waals surface area contributed by atoms with E-state index in [9.17, 15) is 9.90 Å². The van der Waals surface area contributed by atoms with Crippen molar-refractivity contribution in [3.63, 3.8) is 0 Å². The van der Waals surface area contributed by atoms with E-state index in [0.29, 0.717) is 26.9 Å². The number of aromatic carboxylic acids is 1. The first-order valence-corrected chi connectivity index (χ1v) is 10.2. The molecule has 0 bridgehead atoms. The van der Waals surface area contributed by atoms with Crippen LogP contribution in [-0.2, 0) is 6.42 Å². The van der Waals surface area contributed by atoms with E-state index < -0.39 is 5.97 Å². The number of pyridine rings is 1. The van der Waals surface area contributed by atoms with Gasteiger partial charge in [-0.15, -0.1) is 0 Å². The molecule has 0 fully saturated rings. The van der Waals surface area contributed by atoms with Crippen LogP contribution in [-0.4, -0.2) is 25.6 Å². The minimum absolute atomic E-state index is 0.0120. The van der Waals surface area contributed by atoms with Gasteiger partial charge in [0.2, 0.25) is 0 Å². The van der Waals surface area contributed by atoms with E-state index in [4.69, 9.17) is 23.2 Å². The van der Waals surface area contributed by atoms with Crippen LogP contribution in [0, 0.1) is 0 Å². The molecule has 1 unspecified atom stereocenters. The average molecular weight is 483 g/mol. The molecule has 8 heteroatoms. The lowest BCUT2D eigenvalue weighted by Gasteiger charge is -2.23. The van der Waals surface area contributed by atoms with Crippen molar-refractivity contribution in [2.24, 2.45) is 0 Å². The number of halogens is 3. The molecule has 0 radical (unpaired) electrons. The molecule has 28 heavy (non-hydrogen) atoms. The van der Waals surface area contributed by atoms with Crippen molar-refractivity contribution in [1.82, 2.24) is 14.5 Å². The summed E-state index contributed by atoms with van der Waals surface area (Å²) in [6.07, 6.45) is 2.08. The number of rotatable bonds is 6. The summed E-state index contributed by atoms with van der Waals surface area (Å²) in [5.74, 6) is -1.35. The van der Waals surface area contributed by atoms with Gasteiger partial charge in [-0.05, 0) is 59.6 Å². The zero-order valence-electron chi connectivity index (χ0n) is 15.2. The third-order valence-electron chi connectivity index (χ3n) is 4.43. The van der Waals surface area contributed by atoms with Crippen molar-refractivity contribution in [3.05, 3.63) is 80.0 Å². The molecular formula is C20H18BrCl2N3O2. The van der Waals surface area contributed by atoms with E-state index in [-0.39, 0.29) is 17.7 Å². The van der Waals surface area contributed by atoms with E-state index in [1.165, 1.54) is 0 Å². The molecule has 2 heterocycles. The van der Waals surface area contributed by atoms with Crippen LogP contribution in [0.2, 0.25) is 10.0 Å². The first-order chi connectivity index (χ1) is 13.3. The van der Waals surface area contributed by atoms with E-state index in [2.05, 4.69) is 25.9 Å². The van der Waals surface area contributed by atoms with E-state index in [1.54, 1.807) is 24.4 Å². The van der Waals surface area contributed by atoms with E-state index >= 15 is 0 Å². The molecule has 1 N–H and O–H groups in total. The summed E-state index contributed by atoms with van der Waals surface area (Å²) >= 11 is 15.4. The molecule has 146 valence electrons. The van der Waals surface area contributed by atoms with Crippen molar-refractivity contribution in [1.29, 1.82) is 0 Å². The van der Waals surface area contributed by atoms with Crippen molar-refractivity contribution in [2.45, 2.75) is 32.2 Å². The second kappa shape index (κ2) is 8.64. The van der Waals surface area contributed by atoms with Crippen LogP contribution < -0.4 is 0 Å². The van der Waals surface area contributed by atoms with Crippen LogP contribution in [0.25, 0.3) is 0 Å². The van der Waals surface area contributed by atoms with Crippen LogP contribution in [0.4, 0.5) is 0 Å². The lowest BCUT2D eigenvalue weighted by atomic mass is 9.89. The number of carbonyl (C=O) groups is 1. The molecule has 3 aromatic rings. The normalized spacial score (nSPS) is 12.4. The highest BCUT2D eigenvalue weighted by atomic mass is 79.9. The second-order valence-corrected chi connectivity index (χ2v) is 8.24. The Morgan fingerprint density at radius 3 is 2.32 bits per heavy atom. The van der Waals surface area contributed by atoms with Crippen molar-refractivity contribution >= 4 is 45.1 Å². The summed E-state index contributed by atoms with van der Waals surface area (Å²) in [5.41, 5.74) is 2.37. The molecule has 0 aliphatic carbocycles. The molecule has 5 nitrogen and oxygen atoms in total. The largest absolute Gasteiger partial charge is 0.476 e. The fourth-order valence-corrected chi connectivity index (χ4v) is 4.22. The Morgan fingerprint density at radius 2 is 1.79 bits per heavy atom. The van der Waals surface area contributed by atoms with Crippen molar-refractivity contribution in [3.8, 4) is 0 Å². The Kier molecular flexibility index (Phi) is 6.43. The number of aromatic nitrogens is 3. The monoisotopic (exact) mass is 481 g/mol. The minimum atomic E-state index is -1.07. The van der Waals surface area contributed by atoms with Crippen LogP contribution >= 0.6 is 39.1 Å². The number of benzene rings is 1. The van der Waals surface area contributed by atoms with Crippen LogP contribution in [0.15, 0.2) is 47.3 Å². The molecule has 0 spiro atoms. The zero-order valence-corrected chi connectivity index (χ0v) is 18.3. The summed E-state index contributed by atoms with van der Waals surface area (Å²) in [4.78, 5) is 20.6. The minimum Gasteiger partial charge on any atom is -0.476 e. The number of nitrogens with zero attached hydrogens (tertiary/aromatic N) is 3. The highest BCUT2D eigenvalue weighted by Crippen LogP contribution is 2.35. The maximum absolute atomic E-state index is 11.9. The molecule has 0 aliphatic heterocycles. The summed E-state index contributed by atoms with van der Waals surface area (Å²) in [7, 11) is 0. The highest BCUT2D eigenvalue weighted by molar-refractivity contribution is 9.10. The van der Waals surface area contributed by atoms with Crippen LogP contribution in [0.5, 0.6) is 0 Å². The van der Waals surface area contributed by atoms with Crippen molar-refractivity contribution in [2.75, 3.05) is 0 Å². The smallest absolute Gasteiger partial charge is 0.356 e. The summed E-state index contributed by atoms with van der Waals surface area (Å²) in [5, 5.41) is 10.9.